The van der Waals surface area contributed by atoms with Gasteiger partial charge in [0, 0.05) is 41.6 Å². The molecular weight excluding hydrogens is 521 g/mol. The van der Waals surface area contributed by atoms with E-state index in [1.165, 1.54) is 0 Å². The molecule has 0 saturated carbocycles. The topological polar surface area (TPSA) is 97.3 Å². The lowest BCUT2D eigenvalue weighted by molar-refractivity contribution is -0.0662. The van der Waals surface area contributed by atoms with Crippen LogP contribution in [0.3, 0.4) is 0 Å². The Balaban J connectivity index is 1.53. The van der Waals surface area contributed by atoms with Crippen molar-refractivity contribution in [1.82, 2.24) is 21.0 Å². The number of nitrogens with one attached hydrogen (secondary N) is 4. The maximum atomic E-state index is 9.79. The summed E-state index contributed by atoms with van der Waals surface area (Å²) in [6, 6.07) is 13.5. The summed E-state index contributed by atoms with van der Waals surface area (Å²) in [7, 11) is 0. The average Bonchev–Trinajstić information content (AvgIpc) is 3.32. The third kappa shape index (κ3) is 5.77. The zero-order valence-electron chi connectivity index (χ0n) is 21.6. The molecule has 0 amide bonds. The van der Waals surface area contributed by atoms with Crippen molar-refractivity contribution >= 4 is 45.5 Å². The minimum Gasteiger partial charge on any atom is -0.383 e. The molecule has 2 unspecified atom stereocenters. The summed E-state index contributed by atoms with van der Waals surface area (Å²) in [6.07, 6.45) is 4.86. The van der Waals surface area contributed by atoms with Crippen LogP contribution >= 0.6 is 23.2 Å². The first-order chi connectivity index (χ1) is 18.2. The second kappa shape index (κ2) is 10.9. The number of anilines is 2. The SMILES string of the molecule is CC(C)(C)CNc1c(C#N)cnc2c(Cl)cc(NC(C3=CN(CC4CCO4)NN3)c3ccccc3Cl)cc12. The number of benzene rings is 2. The van der Waals surface area contributed by atoms with Crippen LogP contribution < -0.4 is 21.6 Å². The number of aromatic nitrogens is 1. The van der Waals surface area contributed by atoms with Crippen LogP contribution in [0.15, 0.2) is 54.5 Å². The van der Waals surface area contributed by atoms with Gasteiger partial charge in [-0.1, -0.05) is 62.2 Å². The average molecular weight is 553 g/mol. The molecule has 0 bridgehead atoms. The van der Waals surface area contributed by atoms with Gasteiger partial charge in [0.15, 0.2) is 0 Å². The van der Waals surface area contributed by atoms with Crippen LogP contribution in [0.4, 0.5) is 11.4 Å². The Morgan fingerprint density at radius 3 is 2.71 bits per heavy atom. The molecule has 0 aliphatic carbocycles. The Hall–Kier alpha value is -3.22. The van der Waals surface area contributed by atoms with Crippen molar-refractivity contribution in [1.29, 1.82) is 5.26 Å². The van der Waals surface area contributed by atoms with Crippen molar-refractivity contribution in [2.45, 2.75) is 39.3 Å². The smallest absolute Gasteiger partial charge is 0.103 e. The van der Waals surface area contributed by atoms with Crippen LogP contribution in [-0.2, 0) is 4.74 Å². The summed E-state index contributed by atoms with van der Waals surface area (Å²) in [5, 5.41) is 20.8. The van der Waals surface area contributed by atoms with E-state index in [-0.39, 0.29) is 17.6 Å². The van der Waals surface area contributed by atoms with Crippen molar-refractivity contribution in [3.8, 4) is 6.07 Å². The molecule has 3 heterocycles. The summed E-state index contributed by atoms with van der Waals surface area (Å²) in [5.41, 5.74) is 10.9. The van der Waals surface area contributed by atoms with E-state index >= 15 is 0 Å². The third-order valence-electron chi connectivity index (χ3n) is 6.51. The van der Waals surface area contributed by atoms with E-state index in [0.717, 1.165) is 47.6 Å². The molecule has 2 aliphatic rings. The second-order valence-electron chi connectivity index (χ2n) is 10.8. The molecule has 1 fully saturated rings. The van der Waals surface area contributed by atoms with Gasteiger partial charge in [0.25, 0.3) is 0 Å². The molecule has 8 nitrogen and oxygen atoms in total. The zero-order valence-corrected chi connectivity index (χ0v) is 23.1. The molecule has 2 atom stereocenters. The highest BCUT2D eigenvalue weighted by atomic mass is 35.5. The van der Waals surface area contributed by atoms with Gasteiger partial charge in [0.1, 0.15) is 6.07 Å². The summed E-state index contributed by atoms with van der Waals surface area (Å²) < 4.78 is 5.59. The first-order valence-corrected chi connectivity index (χ1v) is 13.4. The molecular formula is C28H31Cl2N7O. The normalized spacial score (nSPS) is 17.8. The van der Waals surface area contributed by atoms with Crippen LogP contribution in [-0.4, -0.2) is 35.8 Å². The first-order valence-electron chi connectivity index (χ1n) is 12.6. The molecule has 2 aliphatic heterocycles. The van der Waals surface area contributed by atoms with Crippen molar-refractivity contribution in [3.05, 3.63) is 75.7 Å². The third-order valence-corrected chi connectivity index (χ3v) is 7.14. The standard InChI is InChI=1S/C28H31Cl2N7O/c1-28(2,3)16-33-25-17(12-31)13-32-26-21(25)10-18(11-23(26)30)34-27(20-6-4-5-7-22(20)29)24-15-37(36-35-24)14-19-8-9-38-19/h4-7,10-11,13,15,19,27,34-36H,8-9,14,16H2,1-3H3,(H,32,33). The lowest BCUT2D eigenvalue weighted by Gasteiger charge is -2.29. The Bertz CT molecular complexity index is 1410. The lowest BCUT2D eigenvalue weighted by Crippen LogP contribution is -2.44. The van der Waals surface area contributed by atoms with Crippen molar-refractivity contribution in [2.24, 2.45) is 5.41 Å². The highest BCUT2D eigenvalue weighted by Crippen LogP contribution is 2.37. The fourth-order valence-electron chi connectivity index (χ4n) is 4.43. The zero-order chi connectivity index (χ0) is 26.9. The number of rotatable bonds is 8. The van der Waals surface area contributed by atoms with Gasteiger partial charge in [0.2, 0.25) is 0 Å². The van der Waals surface area contributed by atoms with Gasteiger partial charge in [-0.05, 0) is 35.6 Å². The van der Waals surface area contributed by atoms with E-state index in [1.807, 2.05) is 47.6 Å². The second-order valence-corrected chi connectivity index (χ2v) is 11.6. The van der Waals surface area contributed by atoms with Gasteiger partial charge in [0.05, 0.1) is 46.2 Å². The Labute approximate surface area is 232 Å². The lowest BCUT2D eigenvalue weighted by atomic mass is 9.96. The first kappa shape index (κ1) is 26.4. The number of hydrazine groups is 2. The summed E-state index contributed by atoms with van der Waals surface area (Å²) in [5.74, 6) is 0. The van der Waals surface area contributed by atoms with Crippen LogP contribution in [0.1, 0.15) is 44.4 Å². The molecule has 0 radical (unpaired) electrons. The predicted octanol–water partition coefficient (Wildman–Crippen LogP) is 5.98. The fraction of sp³-hybridized carbons (Fsp3) is 0.357. The van der Waals surface area contributed by atoms with Crippen molar-refractivity contribution in [3.63, 3.8) is 0 Å². The molecule has 10 heteroatoms. The van der Waals surface area contributed by atoms with Crippen molar-refractivity contribution < 1.29 is 4.74 Å². The van der Waals surface area contributed by atoms with E-state index in [0.29, 0.717) is 27.7 Å². The van der Waals surface area contributed by atoms with Crippen LogP contribution in [0.2, 0.25) is 10.0 Å². The minimum atomic E-state index is -0.310. The highest BCUT2D eigenvalue weighted by Gasteiger charge is 2.27. The maximum absolute atomic E-state index is 9.79. The molecule has 3 aromatic rings. The van der Waals surface area contributed by atoms with Gasteiger partial charge in [-0.2, -0.15) is 5.26 Å². The number of ether oxygens (including phenoxy) is 1. The number of pyridine rings is 1. The number of hydrogen-bond acceptors (Lipinski definition) is 8. The molecule has 0 spiro atoms. The molecule has 38 heavy (non-hydrogen) atoms. The number of fused-ring (bicyclic) bond motifs is 1. The minimum absolute atomic E-state index is 0.0150. The molecule has 1 aromatic heterocycles. The van der Waals surface area contributed by atoms with E-state index in [1.54, 1.807) is 6.20 Å². The summed E-state index contributed by atoms with van der Waals surface area (Å²) in [4.78, 5) is 4.48. The number of nitrogens with zero attached hydrogens (tertiary/aromatic N) is 3. The number of nitriles is 1. The van der Waals surface area contributed by atoms with E-state index < -0.39 is 0 Å². The van der Waals surface area contributed by atoms with E-state index in [4.69, 9.17) is 27.9 Å². The maximum Gasteiger partial charge on any atom is 0.103 e. The van der Waals surface area contributed by atoms with Crippen LogP contribution in [0.25, 0.3) is 10.9 Å². The Morgan fingerprint density at radius 1 is 1.24 bits per heavy atom. The Kier molecular flexibility index (Phi) is 7.55. The van der Waals surface area contributed by atoms with E-state index in [2.05, 4.69) is 53.4 Å². The van der Waals surface area contributed by atoms with Gasteiger partial charge in [-0.15, -0.1) is 5.53 Å². The Morgan fingerprint density at radius 2 is 2.03 bits per heavy atom. The van der Waals surface area contributed by atoms with Crippen LogP contribution in [0.5, 0.6) is 0 Å². The monoisotopic (exact) mass is 551 g/mol. The van der Waals surface area contributed by atoms with Gasteiger partial charge in [-0.3, -0.25) is 9.99 Å². The number of hydrogen-bond donors (Lipinski definition) is 4. The quantitative estimate of drug-likeness (QED) is 0.271. The highest BCUT2D eigenvalue weighted by molar-refractivity contribution is 6.36. The molecule has 198 valence electrons. The van der Waals surface area contributed by atoms with Crippen molar-refractivity contribution in [2.75, 3.05) is 30.3 Å². The van der Waals surface area contributed by atoms with Gasteiger partial charge >= 0.3 is 0 Å². The molecule has 4 N–H and O–H groups in total. The van der Waals surface area contributed by atoms with E-state index in [9.17, 15) is 5.26 Å². The molecule has 5 rings (SSSR count). The van der Waals surface area contributed by atoms with Gasteiger partial charge in [-0.25, -0.2) is 0 Å². The van der Waals surface area contributed by atoms with Gasteiger partial charge < -0.3 is 20.8 Å². The summed E-state index contributed by atoms with van der Waals surface area (Å²) in [6.45, 7) is 8.64. The summed E-state index contributed by atoms with van der Waals surface area (Å²) >= 11 is 13.4. The molecule has 1 saturated heterocycles. The predicted molar refractivity (Wildman–Crippen MR) is 153 cm³/mol. The largest absolute Gasteiger partial charge is 0.383 e. The molecule has 2 aromatic carbocycles. The van der Waals surface area contributed by atoms with Crippen LogP contribution in [0, 0.1) is 16.7 Å². The fourth-order valence-corrected chi connectivity index (χ4v) is 4.95. The number of halogens is 2.